The second kappa shape index (κ2) is 8.11. The first kappa shape index (κ1) is 18.0. The molecule has 5 heteroatoms. The van der Waals surface area contributed by atoms with Gasteiger partial charge in [-0.05, 0) is 62.2 Å². The minimum absolute atomic E-state index is 0.414. The SMILES string of the molecule is CCOCc1cc(CN2CCCC2c2cc3cccnc3[nH]2)ccc1OC. The maximum absolute atomic E-state index is 5.61. The van der Waals surface area contributed by atoms with Crippen molar-refractivity contribution in [3.05, 3.63) is 59.4 Å². The van der Waals surface area contributed by atoms with Crippen molar-refractivity contribution in [1.29, 1.82) is 0 Å². The summed E-state index contributed by atoms with van der Waals surface area (Å²) in [5.41, 5.74) is 4.65. The monoisotopic (exact) mass is 365 g/mol. The zero-order chi connectivity index (χ0) is 18.6. The lowest BCUT2D eigenvalue weighted by molar-refractivity contribution is 0.132. The number of H-pyrrole nitrogens is 1. The summed E-state index contributed by atoms with van der Waals surface area (Å²) < 4.78 is 11.1. The third-order valence-electron chi connectivity index (χ3n) is 5.33. The Morgan fingerprint density at radius 3 is 3.00 bits per heavy atom. The van der Waals surface area contributed by atoms with E-state index in [-0.39, 0.29) is 0 Å². The Kier molecular flexibility index (Phi) is 5.41. The molecule has 0 bridgehead atoms. The number of benzene rings is 1. The van der Waals surface area contributed by atoms with Crippen LogP contribution in [-0.2, 0) is 17.9 Å². The van der Waals surface area contributed by atoms with Crippen molar-refractivity contribution in [3.8, 4) is 5.75 Å². The fraction of sp³-hybridized carbons (Fsp3) is 0.409. The molecule has 1 N–H and O–H groups in total. The lowest BCUT2D eigenvalue weighted by Gasteiger charge is -2.24. The van der Waals surface area contributed by atoms with Crippen molar-refractivity contribution in [3.63, 3.8) is 0 Å². The van der Waals surface area contributed by atoms with Crippen molar-refractivity contribution in [1.82, 2.24) is 14.9 Å². The van der Waals surface area contributed by atoms with Crippen molar-refractivity contribution < 1.29 is 9.47 Å². The van der Waals surface area contributed by atoms with Gasteiger partial charge in [-0.25, -0.2) is 4.98 Å². The van der Waals surface area contributed by atoms with Crippen LogP contribution in [0.1, 0.15) is 42.6 Å². The first-order chi connectivity index (χ1) is 13.3. The Labute approximate surface area is 160 Å². The van der Waals surface area contributed by atoms with Crippen LogP contribution in [0.4, 0.5) is 0 Å². The zero-order valence-corrected chi connectivity index (χ0v) is 16.1. The van der Waals surface area contributed by atoms with Crippen LogP contribution in [0.25, 0.3) is 11.0 Å². The van der Waals surface area contributed by atoms with Gasteiger partial charge in [-0.15, -0.1) is 0 Å². The largest absolute Gasteiger partial charge is 0.496 e. The summed E-state index contributed by atoms with van der Waals surface area (Å²) in [4.78, 5) is 10.5. The van der Waals surface area contributed by atoms with Gasteiger partial charge in [-0.2, -0.15) is 0 Å². The van der Waals surface area contributed by atoms with Gasteiger partial charge in [0, 0.05) is 36.0 Å². The quantitative estimate of drug-likeness (QED) is 0.672. The Morgan fingerprint density at radius 1 is 1.26 bits per heavy atom. The van der Waals surface area contributed by atoms with E-state index in [1.54, 1.807) is 7.11 Å². The summed E-state index contributed by atoms with van der Waals surface area (Å²) in [5, 5.41) is 1.18. The molecule has 4 rings (SSSR count). The van der Waals surface area contributed by atoms with Crippen LogP contribution >= 0.6 is 0 Å². The molecule has 3 aromatic rings. The van der Waals surface area contributed by atoms with Crippen molar-refractivity contribution in [2.45, 2.75) is 39.0 Å². The molecule has 1 atom stereocenters. The topological polar surface area (TPSA) is 50.4 Å². The predicted octanol–water partition coefficient (Wildman–Crippen LogP) is 4.45. The number of hydrogen-bond acceptors (Lipinski definition) is 4. The molecule has 0 spiro atoms. The van der Waals surface area contributed by atoms with Gasteiger partial charge in [0.25, 0.3) is 0 Å². The molecule has 0 amide bonds. The van der Waals surface area contributed by atoms with Crippen molar-refractivity contribution in [2.24, 2.45) is 0 Å². The number of ether oxygens (including phenoxy) is 2. The summed E-state index contributed by atoms with van der Waals surface area (Å²) in [7, 11) is 1.71. The molecule has 0 saturated carbocycles. The number of hydrogen-bond donors (Lipinski definition) is 1. The number of methoxy groups -OCH3 is 1. The maximum Gasteiger partial charge on any atom is 0.137 e. The van der Waals surface area contributed by atoms with E-state index in [0.29, 0.717) is 19.3 Å². The van der Waals surface area contributed by atoms with E-state index in [1.165, 1.54) is 29.5 Å². The van der Waals surface area contributed by atoms with E-state index in [0.717, 1.165) is 30.0 Å². The van der Waals surface area contributed by atoms with Gasteiger partial charge in [0.05, 0.1) is 19.8 Å². The van der Waals surface area contributed by atoms with E-state index in [1.807, 2.05) is 19.2 Å². The molecule has 27 heavy (non-hydrogen) atoms. The Balaban J connectivity index is 1.54. The van der Waals surface area contributed by atoms with Crippen LogP contribution in [0.15, 0.2) is 42.6 Å². The molecule has 1 aliphatic rings. The molecule has 5 nitrogen and oxygen atoms in total. The van der Waals surface area contributed by atoms with Crippen LogP contribution in [0.5, 0.6) is 5.75 Å². The molecule has 1 unspecified atom stereocenters. The molecule has 1 fully saturated rings. The zero-order valence-electron chi connectivity index (χ0n) is 16.1. The van der Waals surface area contributed by atoms with Gasteiger partial charge in [0.15, 0.2) is 0 Å². The molecule has 3 heterocycles. The summed E-state index contributed by atoms with van der Waals surface area (Å²) in [6.45, 7) is 5.35. The first-order valence-electron chi connectivity index (χ1n) is 9.69. The number of fused-ring (bicyclic) bond motifs is 1. The standard InChI is InChI=1S/C22H27N3O2/c1-3-27-15-18-12-16(8-9-21(18)26-2)14-25-11-5-7-20(25)19-13-17-6-4-10-23-22(17)24-19/h4,6,8-10,12-13,20H,3,5,7,11,14-15H2,1-2H3,(H,23,24). The molecule has 0 aliphatic carbocycles. The first-order valence-corrected chi connectivity index (χ1v) is 9.69. The third-order valence-corrected chi connectivity index (χ3v) is 5.33. The van der Waals surface area contributed by atoms with Crippen LogP contribution in [0.3, 0.4) is 0 Å². The van der Waals surface area contributed by atoms with Crippen LogP contribution < -0.4 is 4.74 Å². The molecule has 1 aliphatic heterocycles. The third kappa shape index (κ3) is 3.84. The average molecular weight is 365 g/mol. The number of nitrogens with zero attached hydrogens (tertiary/aromatic N) is 2. The van der Waals surface area contributed by atoms with Crippen molar-refractivity contribution in [2.75, 3.05) is 20.3 Å². The minimum Gasteiger partial charge on any atom is -0.496 e. The molecule has 2 aromatic heterocycles. The number of likely N-dealkylation sites (tertiary alicyclic amines) is 1. The number of pyridine rings is 1. The predicted molar refractivity (Wildman–Crippen MR) is 107 cm³/mol. The Hall–Kier alpha value is -2.37. The molecule has 1 saturated heterocycles. The molecule has 1 aromatic carbocycles. The second-order valence-electron chi connectivity index (χ2n) is 7.08. The molecule has 0 radical (unpaired) electrons. The van der Waals surface area contributed by atoms with E-state index >= 15 is 0 Å². The Bertz CT molecular complexity index is 872. The molecular weight excluding hydrogens is 338 g/mol. The van der Waals surface area contributed by atoms with Crippen LogP contribution in [0.2, 0.25) is 0 Å². The smallest absolute Gasteiger partial charge is 0.137 e. The normalized spacial score (nSPS) is 17.6. The highest BCUT2D eigenvalue weighted by atomic mass is 16.5. The number of aromatic nitrogens is 2. The number of aromatic amines is 1. The lowest BCUT2D eigenvalue weighted by atomic mass is 10.1. The van der Waals surface area contributed by atoms with Crippen molar-refractivity contribution >= 4 is 11.0 Å². The lowest BCUT2D eigenvalue weighted by Crippen LogP contribution is -2.23. The molecule has 142 valence electrons. The van der Waals surface area contributed by atoms with Gasteiger partial charge in [-0.3, -0.25) is 4.90 Å². The van der Waals surface area contributed by atoms with E-state index < -0.39 is 0 Å². The fourth-order valence-electron chi connectivity index (χ4n) is 4.02. The van der Waals surface area contributed by atoms with Gasteiger partial charge in [0.1, 0.15) is 11.4 Å². The minimum atomic E-state index is 0.414. The van der Waals surface area contributed by atoms with Gasteiger partial charge >= 0.3 is 0 Å². The van der Waals surface area contributed by atoms with Gasteiger partial charge < -0.3 is 14.5 Å². The van der Waals surface area contributed by atoms with Crippen LogP contribution in [0, 0.1) is 0 Å². The van der Waals surface area contributed by atoms with Gasteiger partial charge in [0.2, 0.25) is 0 Å². The molecular formula is C22H27N3O2. The highest BCUT2D eigenvalue weighted by molar-refractivity contribution is 5.76. The summed E-state index contributed by atoms with van der Waals surface area (Å²) in [6, 6.07) is 13.2. The highest BCUT2D eigenvalue weighted by Crippen LogP contribution is 2.34. The van der Waals surface area contributed by atoms with E-state index in [9.17, 15) is 0 Å². The van der Waals surface area contributed by atoms with Crippen LogP contribution in [-0.4, -0.2) is 35.1 Å². The summed E-state index contributed by atoms with van der Waals surface area (Å²) >= 11 is 0. The number of rotatable bonds is 7. The van der Waals surface area contributed by atoms with E-state index in [2.05, 4.69) is 45.2 Å². The summed E-state index contributed by atoms with van der Waals surface area (Å²) in [6.07, 6.45) is 4.23. The number of nitrogens with one attached hydrogen (secondary N) is 1. The summed E-state index contributed by atoms with van der Waals surface area (Å²) in [5.74, 6) is 0.895. The second-order valence-corrected chi connectivity index (χ2v) is 7.08. The van der Waals surface area contributed by atoms with Gasteiger partial charge in [-0.1, -0.05) is 6.07 Å². The highest BCUT2D eigenvalue weighted by Gasteiger charge is 2.27. The maximum atomic E-state index is 5.61. The van der Waals surface area contributed by atoms with E-state index in [4.69, 9.17) is 9.47 Å². The fourth-order valence-corrected chi connectivity index (χ4v) is 4.02. The Morgan fingerprint density at radius 2 is 2.19 bits per heavy atom. The average Bonchev–Trinajstić information content (AvgIpc) is 3.32.